The molecule has 1 aliphatic rings. The minimum atomic E-state index is -0.983. The van der Waals surface area contributed by atoms with Crippen LogP contribution in [-0.4, -0.2) is 47.7 Å². The molecule has 1 amide bonds. The summed E-state index contributed by atoms with van der Waals surface area (Å²) in [4.78, 5) is 24.9. The zero-order valence-electron chi connectivity index (χ0n) is 10.8. The van der Waals surface area contributed by atoms with Crippen molar-refractivity contribution >= 4 is 29.3 Å². The molecule has 0 saturated carbocycles. The van der Waals surface area contributed by atoms with Gasteiger partial charge in [-0.3, -0.25) is 9.69 Å². The van der Waals surface area contributed by atoms with Gasteiger partial charge in [0, 0.05) is 24.0 Å². The molecular weight excluding hydrogens is 280 g/mol. The molecule has 0 spiro atoms. The van der Waals surface area contributed by atoms with Gasteiger partial charge in [-0.05, 0) is 23.1 Å². The number of hydrogen-bond donors (Lipinski definition) is 2. The number of hydrogen-bond acceptors (Lipinski definition) is 5. The molecule has 2 rings (SSSR count). The van der Waals surface area contributed by atoms with Crippen molar-refractivity contribution in [2.45, 2.75) is 12.6 Å². The molecule has 1 atom stereocenters. The van der Waals surface area contributed by atoms with Crippen molar-refractivity contribution < 1.29 is 19.4 Å². The molecule has 0 radical (unpaired) electrons. The van der Waals surface area contributed by atoms with Crippen LogP contribution in [0, 0.1) is 0 Å². The van der Waals surface area contributed by atoms with Gasteiger partial charge < -0.3 is 15.6 Å². The van der Waals surface area contributed by atoms with Crippen molar-refractivity contribution in [2.75, 3.05) is 19.8 Å². The Balaban J connectivity index is 2.10. The van der Waals surface area contributed by atoms with Crippen LogP contribution < -0.4 is 5.73 Å². The summed E-state index contributed by atoms with van der Waals surface area (Å²) in [5, 5.41) is 10.6. The number of thiophene rings is 1. The molecule has 1 saturated heterocycles. The predicted octanol–water partition coefficient (Wildman–Crippen LogP) is 0.532. The molecule has 6 nitrogen and oxygen atoms in total. The number of carbonyl (C=O) groups is 2. The molecule has 20 heavy (non-hydrogen) atoms. The highest BCUT2D eigenvalue weighted by molar-refractivity contribution is 7.10. The lowest BCUT2D eigenvalue weighted by Crippen LogP contribution is -2.51. The lowest BCUT2D eigenvalue weighted by atomic mass is 10.1. The number of amides is 1. The van der Waals surface area contributed by atoms with E-state index in [0.717, 1.165) is 16.5 Å². The summed E-state index contributed by atoms with van der Waals surface area (Å²) in [6.07, 6.45) is 2.67. The average molecular weight is 296 g/mol. The third-order valence-corrected chi connectivity index (χ3v) is 4.02. The van der Waals surface area contributed by atoms with Crippen LogP contribution in [-0.2, 0) is 20.9 Å². The molecule has 1 aromatic rings. The van der Waals surface area contributed by atoms with E-state index in [2.05, 4.69) is 0 Å². The van der Waals surface area contributed by atoms with Crippen LogP contribution >= 0.6 is 11.3 Å². The van der Waals surface area contributed by atoms with Gasteiger partial charge in [-0.15, -0.1) is 11.3 Å². The molecule has 7 heteroatoms. The van der Waals surface area contributed by atoms with Gasteiger partial charge >= 0.3 is 5.97 Å². The molecular formula is C13H16N2O4S. The standard InChI is InChI=1S/C13H16N2O4S/c14-13(18)10-8-19-5-4-15(10)7-11-9(3-6-20-11)1-2-12(16)17/h1-3,6,10H,4-5,7-8H2,(H2,14,18)(H,16,17)/b2-1+. The predicted molar refractivity (Wildman–Crippen MR) is 75.2 cm³/mol. The van der Waals surface area contributed by atoms with Gasteiger partial charge in [0.05, 0.1) is 13.2 Å². The van der Waals surface area contributed by atoms with Crippen LogP contribution in [0.15, 0.2) is 17.5 Å². The summed E-state index contributed by atoms with van der Waals surface area (Å²) in [6, 6.07) is 1.43. The molecule has 1 unspecified atom stereocenters. The van der Waals surface area contributed by atoms with Crippen molar-refractivity contribution in [3.8, 4) is 0 Å². The van der Waals surface area contributed by atoms with E-state index in [-0.39, 0.29) is 0 Å². The first-order chi connectivity index (χ1) is 9.58. The fourth-order valence-corrected chi connectivity index (χ4v) is 2.95. The number of aliphatic carboxylic acids is 1. The highest BCUT2D eigenvalue weighted by Gasteiger charge is 2.28. The van der Waals surface area contributed by atoms with Gasteiger partial charge in [-0.2, -0.15) is 0 Å². The third-order valence-electron chi connectivity index (χ3n) is 3.10. The van der Waals surface area contributed by atoms with Crippen molar-refractivity contribution in [3.63, 3.8) is 0 Å². The maximum Gasteiger partial charge on any atom is 0.328 e. The van der Waals surface area contributed by atoms with Crippen molar-refractivity contribution in [2.24, 2.45) is 5.73 Å². The summed E-state index contributed by atoms with van der Waals surface area (Å²) in [5.41, 5.74) is 6.23. The second-order valence-electron chi connectivity index (χ2n) is 4.43. The highest BCUT2D eigenvalue weighted by Crippen LogP contribution is 2.22. The molecule has 0 bridgehead atoms. The molecule has 1 fully saturated rings. The monoisotopic (exact) mass is 296 g/mol. The number of nitrogens with zero attached hydrogens (tertiary/aromatic N) is 1. The summed E-state index contributed by atoms with van der Waals surface area (Å²) >= 11 is 1.53. The first-order valence-corrected chi connectivity index (χ1v) is 7.04. The van der Waals surface area contributed by atoms with Crippen LogP contribution in [0.2, 0.25) is 0 Å². The Morgan fingerprint density at radius 1 is 1.60 bits per heavy atom. The molecule has 0 aromatic carbocycles. The Bertz CT molecular complexity index is 526. The van der Waals surface area contributed by atoms with Gasteiger partial charge in [-0.1, -0.05) is 0 Å². The topological polar surface area (TPSA) is 92.9 Å². The second kappa shape index (κ2) is 6.65. The van der Waals surface area contributed by atoms with Crippen molar-refractivity contribution in [1.29, 1.82) is 0 Å². The van der Waals surface area contributed by atoms with Crippen LogP contribution in [0.1, 0.15) is 10.4 Å². The normalized spacial score (nSPS) is 20.3. The fraction of sp³-hybridized carbons (Fsp3) is 0.385. The number of ether oxygens (including phenoxy) is 1. The van der Waals surface area contributed by atoms with E-state index in [1.807, 2.05) is 16.3 Å². The minimum Gasteiger partial charge on any atom is -0.478 e. The molecule has 2 heterocycles. The largest absolute Gasteiger partial charge is 0.478 e. The number of carboxylic acid groups (broad SMARTS) is 1. The number of rotatable bonds is 5. The van der Waals surface area contributed by atoms with Crippen molar-refractivity contribution in [1.82, 2.24) is 4.90 Å². The zero-order valence-corrected chi connectivity index (χ0v) is 11.6. The third kappa shape index (κ3) is 3.66. The summed E-state index contributed by atoms with van der Waals surface area (Å²) in [5.74, 6) is -1.38. The van der Waals surface area contributed by atoms with E-state index < -0.39 is 17.9 Å². The molecule has 0 aliphatic carbocycles. The van der Waals surface area contributed by atoms with Gasteiger partial charge in [-0.25, -0.2) is 4.79 Å². The van der Waals surface area contributed by atoms with Crippen LogP contribution in [0.5, 0.6) is 0 Å². The van der Waals surface area contributed by atoms with E-state index in [1.54, 1.807) is 6.08 Å². The van der Waals surface area contributed by atoms with Gasteiger partial charge in [0.1, 0.15) is 6.04 Å². The summed E-state index contributed by atoms with van der Waals surface area (Å²) in [6.45, 7) is 2.07. The Morgan fingerprint density at radius 2 is 2.40 bits per heavy atom. The lowest BCUT2D eigenvalue weighted by Gasteiger charge is -2.33. The van der Waals surface area contributed by atoms with E-state index >= 15 is 0 Å². The van der Waals surface area contributed by atoms with Gasteiger partial charge in [0.15, 0.2) is 0 Å². The van der Waals surface area contributed by atoms with Crippen LogP contribution in [0.25, 0.3) is 6.08 Å². The maximum absolute atomic E-state index is 11.4. The molecule has 3 N–H and O–H groups in total. The number of nitrogens with two attached hydrogens (primary N) is 1. The fourth-order valence-electron chi connectivity index (χ4n) is 2.06. The van der Waals surface area contributed by atoms with Gasteiger partial charge in [0.25, 0.3) is 0 Å². The summed E-state index contributed by atoms with van der Waals surface area (Å²) in [7, 11) is 0. The average Bonchev–Trinajstić information content (AvgIpc) is 2.84. The van der Waals surface area contributed by atoms with Crippen molar-refractivity contribution in [3.05, 3.63) is 28.0 Å². The minimum absolute atomic E-state index is 0.307. The lowest BCUT2D eigenvalue weighted by molar-refractivity contribution is -0.131. The first-order valence-electron chi connectivity index (χ1n) is 6.16. The van der Waals surface area contributed by atoms with Crippen LogP contribution in [0.3, 0.4) is 0 Å². The van der Waals surface area contributed by atoms with E-state index in [1.165, 1.54) is 11.3 Å². The SMILES string of the molecule is NC(=O)C1COCCN1Cc1sccc1/C=C/C(=O)O. The zero-order chi connectivity index (χ0) is 14.5. The Morgan fingerprint density at radius 3 is 3.10 bits per heavy atom. The number of carbonyl (C=O) groups excluding carboxylic acids is 1. The molecule has 108 valence electrons. The number of morpholine rings is 1. The second-order valence-corrected chi connectivity index (χ2v) is 5.43. The Labute approximate surface area is 120 Å². The number of primary amides is 1. The van der Waals surface area contributed by atoms with Gasteiger partial charge in [0.2, 0.25) is 5.91 Å². The molecule has 1 aliphatic heterocycles. The highest BCUT2D eigenvalue weighted by atomic mass is 32.1. The van der Waals surface area contributed by atoms with E-state index in [0.29, 0.717) is 26.3 Å². The van der Waals surface area contributed by atoms with E-state index in [4.69, 9.17) is 15.6 Å². The Kier molecular flexibility index (Phi) is 4.89. The number of carboxylic acids is 1. The van der Waals surface area contributed by atoms with E-state index in [9.17, 15) is 9.59 Å². The van der Waals surface area contributed by atoms with Crippen LogP contribution in [0.4, 0.5) is 0 Å². The summed E-state index contributed by atoms with van der Waals surface area (Å²) < 4.78 is 5.27. The smallest absolute Gasteiger partial charge is 0.328 e. The molecule has 1 aromatic heterocycles. The first kappa shape index (κ1) is 14.7. The maximum atomic E-state index is 11.4. The quantitative estimate of drug-likeness (QED) is 0.773. The Hall–Kier alpha value is -1.70.